The van der Waals surface area contributed by atoms with E-state index >= 15 is 0 Å². The molecule has 0 heterocycles. The first-order valence-electron chi connectivity index (χ1n) is 6.66. The summed E-state index contributed by atoms with van der Waals surface area (Å²) in [6, 6.07) is 5.10. The summed E-state index contributed by atoms with van der Waals surface area (Å²) in [5, 5.41) is 0.0635. The summed E-state index contributed by atoms with van der Waals surface area (Å²) in [5.74, 6) is -0.0303. The summed E-state index contributed by atoms with van der Waals surface area (Å²) >= 11 is 5.83. The molecule has 0 unspecified atom stereocenters. The highest BCUT2D eigenvalue weighted by Crippen LogP contribution is 2.36. The highest BCUT2D eigenvalue weighted by atomic mass is 35.5. The maximum Gasteiger partial charge on any atom is 0.416 e. The molecular formula is C16H9ClF6O2. The third kappa shape index (κ3) is 4.88. The lowest BCUT2D eigenvalue weighted by Crippen LogP contribution is -2.12. The summed E-state index contributed by atoms with van der Waals surface area (Å²) in [6.45, 7) is -0.588. The fourth-order valence-corrected chi connectivity index (χ4v) is 2.14. The van der Waals surface area contributed by atoms with Crippen LogP contribution in [-0.4, -0.2) is 6.29 Å². The Hall–Kier alpha value is -2.22. The summed E-state index contributed by atoms with van der Waals surface area (Å²) in [5.41, 5.74) is -3.02. The Morgan fingerprint density at radius 1 is 0.920 bits per heavy atom. The van der Waals surface area contributed by atoms with E-state index in [2.05, 4.69) is 0 Å². The number of rotatable bonds is 4. The van der Waals surface area contributed by atoms with E-state index in [0.29, 0.717) is 18.4 Å². The van der Waals surface area contributed by atoms with Gasteiger partial charge in [0.1, 0.15) is 18.6 Å². The van der Waals surface area contributed by atoms with Crippen LogP contribution >= 0.6 is 11.6 Å². The number of ether oxygens (including phenoxy) is 1. The first-order valence-corrected chi connectivity index (χ1v) is 7.04. The first kappa shape index (κ1) is 19.1. The number of aldehydes is 1. The van der Waals surface area contributed by atoms with E-state index in [4.69, 9.17) is 16.3 Å². The molecule has 2 nitrogen and oxygen atoms in total. The molecule has 0 radical (unpaired) electrons. The molecule has 134 valence electrons. The third-order valence-corrected chi connectivity index (χ3v) is 3.45. The van der Waals surface area contributed by atoms with Crippen molar-refractivity contribution in [3.8, 4) is 5.75 Å². The van der Waals surface area contributed by atoms with Crippen LogP contribution in [-0.2, 0) is 19.0 Å². The predicted molar refractivity (Wildman–Crippen MR) is 77.6 cm³/mol. The van der Waals surface area contributed by atoms with Gasteiger partial charge in [-0.05, 0) is 42.0 Å². The minimum atomic E-state index is -4.94. The summed E-state index contributed by atoms with van der Waals surface area (Å²) in [6.07, 6.45) is -9.38. The Labute approximate surface area is 143 Å². The van der Waals surface area contributed by atoms with Crippen LogP contribution < -0.4 is 4.74 Å². The van der Waals surface area contributed by atoms with Gasteiger partial charge in [0, 0.05) is 5.56 Å². The molecule has 0 aromatic heterocycles. The Morgan fingerprint density at radius 2 is 1.48 bits per heavy atom. The van der Waals surface area contributed by atoms with Gasteiger partial charge in [0.2, 0.25) is 0 Å². The number of carbonyl (C=O) groups excluding carboxylic acids is 1. The summed E-state index contributed by atoms with van der Waals surface area (Å²) in [4.78, 5) is 10.7. The monoisotopic (exact) mass is 382 g/mol. The lowest BCUT2D eigenvalue weighted by Gasteiger charge is -2.15. The van der Waals surface area contributed by atoms with Gasteiger partial charge in [-0.15, -0.1) is 0 Å². The Kier molecular flexibility index (Phi) is 5.31. The van der Waals surface area contributed by atoms with Crippen molar-refractivity contribution in [2.75, 3.05) is 0 Å². The minimum absolute atomic E-state index is 0.0303. The normalized spacial score (nSPS) is 12.1. The van der Waals surface area contributed by atoms with Crippen LogP contribution in [0.5, 0.6) is 5.75 Å². The highest BCUT2D eigenvalue weighted by molar-refractivity contribution is 6.32. The van der Waals surface area contributed by atoms with Crippen molar-refractivity contribution in [3.05, 3.63) is 63.7 Å². The van der Waals surface area contributed by atoms with Gasteiger partial charge in [0.15, 0.2) is 0 Å². The molecule has 0 bridgehead atoms. The Balaban J connectivity index is 2.34. The third-order valence-electron chi connectivity index (χ3n) is 3.13. The zero-order valence-electron chi connectivity index (χ0n) is 12.2. The maximum atomic E-state index is 12.8. The molecule has 0 N–H and O–H groups in total. The van der Waals surface area contributed by atoms with Gasteiger partial charge in [-0.3, -0.25) is 4.79 Å². The zero-order chi connectivity index (χ0) is 18.8. The molecule has 2 aromatic rings. The number of carbonyl (C=O) groups is 1. The van der Waals surface area contributed by atoms with Gasteiger partial charge in [-0.1, -0.05) is 11.6 Å². The van der Waals surface area contributed by atoms with Crippen LogP contribution in [0.1, 0.15) is 27.0 Å². The molecule has 0 atom stereocenters. The molecule has 2 aromatic carbocycles. The van der Waals surface area contributed by atoms with Crippen molar-refractivity contribution in [2.45, 2.75) is 19.0 Å². The molecule has 9 heteroatoms. The molecule has 0 aliphatic heterocycles. The topological polar surface area (TPSA) is 26.3 Å². The van der Waals surface area contributed by atoms with Crippen molar-refractivity contribution in [2.24, 2.45) is 0 Å². The van der Waals surface area contributed by atoms with Crippen molar-refractivity contribution >= 4 is 17.9 Å². The molecule has 0 saturated carbocycles. The molecular weight excluding hydrogens is 374 g/mol. The highest BCUT2D eigenvalue weighted by Gasteiger charge is 2.36. The van der Waals surface area contributed by atoms with Crippen LogP contribution in [0.15, 0.2) is 36.4 Å². The molecule has 0 spiro atoms. The van der Waals surface area contributed by atoms with Crippen LogP contribution in [0.4, 0.5) is 26.3 Å². The summed E-state index contributed by atoms with van der Waals surface area (Å²) in [7, 11) is 0. The lowest BCUT2D eigenvalue weighted by molar-refractivity contribution is -0.143. The van der Waals surface area contributed by atoms with Crippen molar-refractivity contribution in [3.63, 3.8) is 0 Å². The second-order valence-corrected chi connectivity index (χ2v) is 5.42. The van der Waals surface area contributed by atoms with Crippen LogP contribution in [0.2, 0.25) is 5.02 Å². The largest absolute Gasteiger partial charge is 0.487 e. The van der Waals surface area contributed by atoms with E-state index < -0.39 is 30.1 Å². The van der Waals surface area contributed by atoms with Crippen molar-refractivity contribution in [1.29, 1.82) is 0 Å². The van der Waals surface area contributed by atoms with Crippen molar-refractivity contribution < 1.29 is 35.9 Å². The number of hydrogen-bond donors (Lipinski definition) is 0. The van der Waals surface area contributed by atoms with Gasteiger partial charge in [0.05, 0.1) is 16.1 Å². The van der Waals surface area contributed by atoms with E-state index in [0.717, 1.165) is 0 Å². The Morgan fingerprint density at radius 3 is 1.96 bits per heavy atom. The second-order valence-electron chi connectivity index (χ2n) is 5.01. The van der Waals surface area contributed by atoms with E-state index in [-0.39, 0.29) is 28.0 Å². The minimum Gasteiger partial charge on any atom is -0.487 e. The second kappa shape index (κ2) is 6.95. The zero-order valence-corrected chi connectivity index (χ0v) is 13.0. The van der Waals surface area contributed by atoms with Crippen LogP contribution in [0, 0.1) is 0 Å². The van der Waals surface area contributed by atoms with Gasteiger partial charge >= 0.3 is 12.4 Å². The average Bonchev–Trinajstić information content (AvgIpc) is 2.52. The number of halogens is 7. The van der Waals surface area contributed by atoms with Crippen LogP contribution in [0.3, 0.4) is 0 Å². The first-order chi connectivity index (χ1) is 11.5. The average molecular weight is 383 g/mol. The van der Waals surface area contributed by atoms with Crippen LogP contribution in [0.25, 0.3) is 0 Å². The van der Waals surface area contributed by atoms with Gasteiger partial charge < -0.3 is 4.74 Å². The van der Waals surface area contributed by atoms with Gasteiger partial charge in [-0.2, -0.15) is 26.3 Å². The lowest BCUT2D eigenvalue weighted by atomic mass is 10.1. The molecule has 0 aliphatic carbocycles. The smallest absolute Gasteiger partial charge is 0.416 e. The summed E-state index contributed by atoms with van der Waals surface area (Å²) < 4.78 is 81.9. The van der Waals surface area contributed by atoms with Gasteiger partial charge in [0.25, 0.3) is 0 Å². The molecule has 0 amide bonds. The fraction of sp³-hybridized carbons (Fsp3) is 0.188. The standard InChI is InChI=1S/C16H9ClF6O2/c17-13-2-1-9(7-24)5-14(13)25-8-10-3-11(15(18,19)20)6-12(4-10)16(21,22)23/h1-7H,8H2. The molecule has 0 saturated heterocycles. The molecule has 0 fully saturated rings. The van der Waals surface area contributed by atoms with E-state index in [1.165, 1.54) is 18.2 Å². The van der Waals surface area contributed by atoms with Gasteiger partial charge in [-0.25, -0.2) is 0 Å². The van der Waals surface area contributed by atoms with Crippen molar-refractivity contribution in [1.82, 2.24) is 0 Å². The number of hydrogen-bond acceptors (Lipinski definition) is 2. The van der Waals surface area contributed by atoms with E-state index in [1.54, 1.807) is 0 Å². The quantitative estimate of drug-likeness (QED) is 0.495. The molecule has 2 rings (SSSR count). The molecule has 0 aliphatic rings. The van der Waals surface area contributed by atoms with E-state index in [1.807, 2.05) is 0 Å². The fourth-order valence-electron chi connectivity index (χ4n) is 1.97. The predicted octanol–water partition coefficient (Wildman–Crippen LogP) is 5.77. The SMILES string of the molecule is O=Cc1ccc(Cl)c(OCc2cc(C(F)(F)F)cc(C(F)(F)F)c2)c1. The Bertz CT molecular complexity index is 751. The number of benzene rings is 2. The maximum absolute atomic E-state index is 12.8. The van der Waals surface area contributed by atoms with E-state index in [9.17, 15) is 31.1 Å². The number of alkyl halides is 6. The molecule has 25 heavy (non-hydrogen) atoms.